The molecule has 0 aliphatic carbocycles. The van der Waals surface area contributed by atoms with Crippen molar-refractivity contribution in [2.24, 2.45) is 16.3 Å². The molecule has 3 N–H and O–H groups in total. The normalized spacial score (nSPS) is 31.5. The summed E-state index contributed by atoms with van der Waals surface area (Å²) in [5, 5.41) is 11.9. The molecule has 0 aromatic heterocycles. The Morgan fingerprint density at radius 2 is 2.05 bits per heavy atom. The van der Waals surface area contributed by atoms with Gasteiger partial charge in [0.05, 0.1) is 6.10 Å². The molecule has 2 saturated heterocycles. The molecule has 2 fully saturated rings. The van der Waals surface area contributed by atoms with Crippen LogP contribution in [0, 0.1) is 5.41 Å². The number of rotatable bonds is 2. The smallest absolute Gasteiger partial charge is 0.251 e. The maximum atomic E-state index is 12.3. The lowest BCUT2D eigenvalue weighted by Gasteiger charge is -2.39. The van der Waals surface area contributed by atoms with Crippen LogP contribution in [-0.4, -0.2) is 47.1 Å². The van der Waals surface area contributed by atoms with E-state index in [0.717, 1.165) is 25.7 Å². The first-order valence-corrected chi connectivity index (χ1v) is 6.88. The fraction of sp³-hybridized carbons (Fsp3) is 0.846. The van der Waals surface area contributed by atoms with Crippen LogP contribution in [0.3, 0.4) is 0 Å². The minimum absolute atomic E-state index is 0.0888. The van der Waals surface area contributed by atoms with E-state index < -0.39 is 0 Å². The van der Waals surface area contributed by atoms with Crippen LogP contribution in [-0.2, 0) is 9.53 Å². The molecule has 1 amide bonds. The summed E-state index contributed by atoms with van der Waals surface area (Å²) in [6.07, 6.45) is 3.11. The molecule has 2 aliphatic rings. The van der Waals surface area contributed by atoms with Crippen molar-refractivity contribution in [3.63, 3.8) is 0 Å². The summed E-state index contributed by atoms with van der Waals surface area (Å²) in [5.41, 5.74) is 5.41. The third-order valence-corrected chi connectivity index (χ3v) is 4.41. The molecule has 6 nitrogen and oxygen atoms in total. The largest absolute Gasteiger partial charge is 0.409 e. The van der Waals surface area contributed by atoms with E-state index in [1.807, 2.05) is 18.7 Å². The van der Waals surface area contributed by atoms with Crippen molar-refractivity contribution in [3.8, 4) is 0 Å². The molecule has 2 heterocycles. The van der Waals surface area contributed by atoms with Crippen molar-refractivity contribution < 1.29 is 14.7 Å². The van der Waals surface area contributed by atoms with Crippen LogP contribution in [0.1, 0.15) is 39.5 Å². The maximum Gasteiger partial charge on any atom is 0.251 e. The van der Waals surface area contributed by atoms with Crippen molar-refractivity contribution in [3.05, 3.63) is 0 Å². The Morgan fingerprint density at radius 3 is 2.53 bits per heavy atom. The standard InChI is InChI=1S/C13H23N3O3/c1-9-3-4-10(19-9)11(17)16-7-5-13(2,6-8-16)12(14)15-18/h9-10,18H,3-8H2,1-2H3,(H2,14,15). The predicted molar refractivity (Wildman–Crippen MR) is 70.9 cm³/mol. The number of carbonyl (C=O) groups is 1. The SMILES string of the molecule is CC1CCC(C(=O)N2CCC(C)(C(N)=NO)CC2)O1. The number of amides is 1. The molecular formula is C13H23N3O3. The summed E-state index contributed by atoms with van der Waals surface area (Å²) >= 11 is 0. The molecule has 2 aliphatic heterocycles. The zero-order valence-electron chi connectivity index (χ0n) is 11.6. The fourth-order valence-electron chi connectivity index (χ4n) is 2.79. The number of nitrogens with zero attached hydrogens (tertiary/aromatic N) is 2. The molecule has 0 spiro atoms. The maximum absolute atomic E-state index is 12.3. The monoisotopic (exact) mass is 269 g/mol. The number of piperidine rings is 1. The number of hydrogen-bond donors (Lipinski definition) is 2. The zero-order valence-corrected chi connectivity index (χ0v) is 11.6. The third-order valence-electron chi connectivity index (χ3n) is 4.41. The predicted octanol–water partition coefficient (Wildman–Crippen LogP) is 0.929. The number of likely N-dealkylation sites (tertiary alicyclic amines) is 1. The third kappa shape index (κ3) is 2.83. The Hall–Kier alpha value is -1.30. The molecule has 0 bridgehead atoms. The van der Waals surface area contributed by atoms with E-state index in [1.165, 1.54) is 0 Å². The highest BCUT2D eigenvalue weighted by atomic mass is 16.5. The lowest BCUT2D eigenvalue weighted by Crippen LogP contribution is -2.49. The van der Waals surface area contributed by atoms with Gasteiger partial charge in [0, 0.05) is 18.5 Å². The summed E-state index contributed by atoms with van der Waals surface area (Å²) in [6, 6.07) is 0. The number of hydrogen-bond acceptors (Lipinski definition) is 4. The van der Waals surface area contributed by atoms with Crippen molar-refractivity contribution in [2.45, 2.75) is 51.7 Å². The molecule has 0 aromatic rings. The van der Waals surface area contributed by atoms with Gasteiger partial charge in [-0.1, -0.05) is 12.1 Å². The lowest BCUT2D eigenvalue weighted by molar-refractivity contribution is -0.144. The number of oxime groups is 1. The highest BCUT2D eigenvalue weighted by Gasteiger charge is 2.38. The van der Waals surface area contributed by atoms with E-state index in [9.17, 15) is 4.79 Å². The van der Waals surface area contributed by atoms with E-state index in [1.54, 1.807) is 0 Å². The molecule has 2 rings (SSSR count). The molecule has 6 heteroatoms. The van der Waals surface area contributed by atoms with Crippen LogP contribution in [0.4, 0.5) is 0 Å². The van der Waals surface area contributed by atoms with Crippen molar-refractivity contribution >= 4 is 11.7 Å². The average Bonchev–Trinajstić information content (AvgIpc) is 2.84. The molecule has 2 atom stereocenters. The van der Waals surface area contributed by atoms with Crippen molar-refractivity contribution in [2.75, 3.05) is 13.1 Å². The molecule has 2 unspecified atom stereocenters. The summed E-state index contributed by atoms with van der Waals surface area (Å²) in [6.45, 7) is 5.25. The highest BCUT2D eigenvalue weighted by Crippen LogP contribution is 2.32. The lowest BCUT2D eigenvalue weighted by atomic mass is 9.79. The van der Waals surface area contributed by atoms with Gasteiger partial charge in [0.2, 0.25) is 0 Å². The van der Waals surface area contributed by atoms with Crippen molar-refractivity contribution in [1.82, 2.24) is 4.90 Å². The van der Waals surface area contributed by atoms with Crippen molar-refractivity contribution in [1.29, 1.82) is 0 Å². The van der Waals surface area contributed by atoms with Crippen LogP contribution in [0.15, 0.2) is 5.16 Å². The van der Waals surface area contributed by atoms with Crippen LogP contribution in [0.2, 0.25) is 0 Å². The van der Waals surface area contributed by atoms with Gasteiger partial charge in [-0.05, 0) is 32.6 Å². The molecule has 0 aromatic carbocycles. The first-order valence-electron chi connectivity index (χ1n) is 6.88. The summed E-state index contributed by atoms with van der Waals surface area (Å²) < 4.78 is 5.62. The van der Waals surface area contributed by atoms with Crippen LogP contribution in [0.25, 0.3) is 0 Å². The van der Waals surface area contributed by atoms with E-state index in [0.29, 0.717) is 13.1 Å². The minimum Gasteiger partial charge on any atom is -0.409 e. The summed E-state index contributed by atoms with van der Waals surface area (Å²) in [5.74, 6) is 0.344. The molecular weight excluding hydrogens is 246 g/mol. The fourth-order valence-corrected chi connectivity index (χ4v) is 2.79. The van der Waals surface area contributed by atoms with Crippen LogP contribution >= 0.6 is 0 Å². The summed E-state index contributed by atoms with van der Waals surface area (Å²) in [7, 11) is 0. The first-order chi connectivity index (χ1) is 8.96. The van der Waals surface area contributed by atoms with Gasteiger partial charge < -0.3 is 20.6 Å². The number of carbonyl (C=O) groups excluding carboxylic acids is 1. The second-order valence-corrected chi connectivity index (χ2v) is 5.88. The summed E-state index contributed by atoms with van der Waals surface area (Å²) in [4.78, 5) is 14.1. The van der Waals surface area contributed by atoms with Crippen LogP contribution in [0.5, 0.6) is 0 Å². The van der Waals surface area contributed by atoms with Gasteiger partial charge in [0.25, 0.3) is 5.91 Å². The van der Waals surface area contributed by atoms with E-state index in [2.05, 4.69) is 5.16 Å². The first kappa shape index (κ1) is 14.1. The van der Waals surface area contributed by atoms with Gasteiger partial charge in [0.15, 0.2) is 0 Å². The average molecular weight is 269 g/mol. The molecule has 0 radical (unpaired) electrons. The zero-order chi connectivity index (χ0) is 14.0. The van der Waals surface area contributed by atoms with E-state index >= 15 is 0 Å². The molecule has 0 saturated carbocycles. The minimum atomic E-state index is -0.310. The number of nitrogens with two attached hydrogens (primary N) is 1. The quantitative estimate of drug-likeness (QED) is 0.338. The molecule has 19 heavy (non-hydrogen) atoms. The van der Waals surface area contributed by atoms with Gasteiger partial charge in [-0.15, -0.1) is 0 Å². The Kier molecular flexibility index (Phi) is 3.99. The Bertz CT molecular complexity index is 375. The Balaban J connectivity index is 1.91. The van der Waals surface area contributed by atoms with Gasteiger partial charge in [0.1, 0.15) is 11.9 Å². The highest BCUT2D eigenvalue weighted by molar-refractivity contribution is 5.86. The second kappa shape index (κ2) is 5.36. The topological polar surface area (TPSA) is 88.2 Å². The number of amidine groups is 1. The second-order valence-electron chi connectivity index (χ2n) is 5.88. The van der Waals surface area contributed by atoms with Gasteiger partial charge >= 0.3 is 0 Å². The van der Waals surface area contributed by atoms with E-state index in [4.69, 9.17) is 15.7 Å². The Morgan fingerprint density at radius 1 is 1.42 bits per heavy atom. The van der Waals surface area contributed by atoms with E-state index in [-0.39, 0.29) is 29.4 Å². The van der Waals surface area contributed by atoms with Gasteiger partial charge in [-0.3, -0.25) is 4.79 Å². The van der Waals surface area contributed by atoms with Gasteiger partial charge in [-0.2, -0.15) is 0 Å². The van der Waals surface area contributed by atoms with Gasteiger partial charge in [-0.25, -0.2) is 0 Å². The molecule has 108 valence electrons. The number of ether oxygens (including phenoxy) is 1. The Labute approximate surface area is 113 Å². The van der Waals surface area contributed by atoms with Crippen LogP contribution < -0.4 is 5.73 Å².